The molecule has 0 fully saturated rings. The van der Waals surface area contributed by atoms with Crippen molar-refractivity contribution in [3.63, 3.8) is 0 Å². The Labute approximate surface area is 116 Å². The number of hydrogen-bond donors (Lipinski definition) is 2. The molecular weight excluding hydrogens is 260 g/mol. The van der Waals surface area contributed by atoms with Crippen LogP contribution in [0.15, 0.2) is 40.6 Å². The summed E-state index contributed by atoms with van der Waals surface area (Å²) in [6.45, 7) is 2.14. The van der Waals surface area contributed by atoms with Crippen LogP contribution in [0.3, 0.4) is 0 Å². The average Bonchev–Trinajstić information content (AvgIpc) is 2.98. The van der Waals surface area contributed by atoms with Crippen molar-refractivity contribution in [2.45, 2.75) is 23.8 Å². The van der Waals surface area contributed by atoms with E-state index in [4.69, 9.17) is 5.84 Å². The summed E-state index contributed by atoms with van der Waals surface area (Å²) < 4.78 is 0. The number of nitrogens with one attached hydrogen (secondary N) is 1. The first kappa shape index (κ1) is 12.2. The van der Waals surface area contributed by atoms with Crippen molar-refractivity contribution in [3.05, 3.63) is 51.7 Å². The molecule has 2 aromatic rings. The lowest BCUT2D eigenvalue weighted by Crippen LogP contribution is -2.32. The third kappa shape index (κ3) is 2.10. The van der Waals surface area contributed by atoms with Crippen LogP contribution in [0.4, 0.5) is 0 Å². The second kappa shape index (κ2) is 5.05. The average molecular weight is 276 g/mol. The fourth-order valence-corrected chi connectivity index (χ4v) is 4.57. The van der Waals surface area contributed by atoms with Crippen LogP contribution in [0.1, 0.15) is 28.0 Å². The Morgan fingerprint density at radius 3 is 2.94 bits per heavy atom. The van der Waals surface area contributed by atoms with Gasteiger partial charge in [-0.1, -0.05) is 18.2 Å². The first-order chi connectivity index (χ1) is 8.79. The Bertz CT molecular complexity index is 550. The molecule has 1 aliphatic heterocycles. The predicted octanol–water partition coefficient (Wildman–Crippen LogP) is 3.45. The number of rotatable bonds is 3. The quantitative estimate of drug-likeness (QED) is 0.666. The minimum Gasteiger partial charge on any atom is -0.271 e. The molecule has 2 nitrogen and oxygen atoms in total. The van der Waals surface area contributed by atoms with Gasteiger partial charge >= 0.3 is 0 Å². The van der Waals surface area contributed by atoms with Crippen LogP contribution in [0.2, 0.25) is 0 Å². The molecule has 0 spiro atoms. The lowest BCUT2D eigenvalue weighted by molar-refractivity contribution is 0.486. The second-order valence-corrected chi connectivity index (χ2v) is 6.77. The Kier molecular flexibility index (Phi) is 3.43. The van der Waals surface area contributed by atoms with Gasteiger partial charge in [0.25, 0.3) is 0 Å². The fourth-order valence-electron chi connectivity index (χ4n) is 2.53. The molecule has 0 aliphatic carbocycles. The smallest absolute Gasteiger partial charge is 0.0545 e. The minimum absolute atomic E-state index is 0.214. The fraction of sp³-hybridized carbons (Fsp3) is 0.286. The summed E-state index contributed by atoms with van der Waals surface area (Å²) in [5, 5.41) is 2.21. The lowest BCUT2D eigenvalue weighted by atomic mass is 9.90. The van der Waals surface area contributed by atoms with Crippen LogP contribution in [0.25, 0.3) is 0 Å². The first-order valence-corrected chi connectivity index (χ1v) is 7.89. The normalized spacial score (nSPS) is 19.8. The SMILES string of the molecule is Cc1cc(C(NN)C2CSc3ccccc32)cs1. The van der Waals surface area contributed by atoms with Crippen molar-refractivity contribution < 1.29 is 0 Å². The summed E-state index contributed by atoms with van der Waals surface area (Å²) in [5.41, 5.74) is 5.74. The van der Waals surface area contributed by atoms with Crippen molar-refractivity contribution in [3.8, 4) is 0 Å². The zero-order valence-electron chi connectivity index (χ0n) is 10.2. The highest BCUT2D eigenvalue weighted by Crippen LogP contribution is 2.45. The molecule has 94 valence electrons. The molecule has 2 heterocycles. The second-order valence-electron chi connectivity index (χ2n) is 4.59. The van der Waals surface area contributed by atoms with Crippen LogP contribution in [-0.2, 0) is 0 Å². The summed E-state index contributed by atoms with van der Waals surface area (Å²) >= 11 is 3.71. The molecule has 3 N–H and O–H groups in total. The Morgan fingerprint density at radius 2 is 2.22 bits per heavy atom. The predicted molar refractivity (Wildman–Crippen MR) is 79.0 cm³/mol. The van der Waals surface area contributed by atoms with E-state index < -0.39 is 0 Å². The first-order valence-electron chi connectivity index (χ1n) is 6.02. The molecule has 0 radical (unpaired) electrons. The topological polar surface area (TPSA) is 38.0 Å². The van der Waals surface area contributed by atoms with Gasteiger partial charge in [0.05, 0.1) is 6.04 Å². The zero-order chi connectivity index (χ0) is 12.5. The van der Waals surface area contributed by atoms with Crippen molar-refractivity contribution in [1.82, 2.24) is 5.43 Å². The summed E-state index contributed by atoms with van der Waals surface area (Å²) in [6.07, 6.45) is 0. The van der Waals surface area contributed by atoms with E-state index in [0.29, 0.717) is 5.92 Å². The molecule has 2 unspecified atom stereocenters. The van der Waals surface area contributed by atoms with Gasteiger partial charge in [0, 0.05) is 21.4 Å². The van der Waals surface area contributed by atoms with Gasteiger partial charge in [0.15, 0.2) is 0 Å². The number of nitrogens with two attached hydrogens (primary N) is 1. The molecule has 0 amide bonds. The van der Waals surface area contributed by atoms with E-state index in [9.17, 15) is 0 Å². The van der Waals surface area contributed by atoms with E-state index in [2.05, 4.69) is 48.1 Å². The molecule has 3 rings (SSSR count). The largest absolute Gasteiger partial charge is 0.271 e. The standard InChI is InChI=1S/C14H16N2S2/c1-9-6-10(7-17-9)14(16-15)12-8-18-13-5-3-2-4-11(12)13/h2-7,12,14,16H,8,15H2,1H3. The maximum Gasteiger partial charge on any atom is 0.0545 e. The molecule has 0 saturated heterocycles. The van der Waals surface area contributed by atoms with Gasteiger partial charge in [0.2, 0.25) is 0 Å². The van der Waals surface area contributed by atoms with Crippen molar-refractivity contribution in [2.75, 3.05) is 5.75 Å². The van der Waals surface area contributed by atoms with Crippen LogP contribution >= 0.6 is 23.1 Å². The summed E-state index contributed by atoms with van der Waals surface area (Å²) in [7, 11) is 0. The molecule has 0 saturated carbocycles. The van der Waals surface area contributed by atoms with Gasteiger partial charge in [-0.2, -0.15) is 0 Å². The monoisotopic (exact) mass is 276 g/mol. The van der Waals surface area contributed by atoms with Gasteiger partial charge in [-0.25, -0.2) is 0 Å². The number of fused-ring (bicyclic) bond motifs is 1. The van der Waals surface area contributed by atoms with Crippen LogP contribution in [0, 0.1) is 6.92 Å². The number of aryl methyl sites for hydroxylation is 1. The molecule has 1 aromatic heterocycles. The number of hydrogen-bond acceptors (Lipinski definition) is 4. The number of thiophene rings is 1. The third-order valence-electron chi connectivity index (χ3n) is 3.43. The summed E-state index contributed by atoms with van der Waals surface area (Å²) in [5.74, 6) is 7.36. The number of benzene rings is 1. The van der Waals surface area contributed by atoms with E-state index in [1.54, 1.807) is 11.3 Å². The van der Waals surface area contributed by atoms with E-state index in [1.807, 2.05) is 11.8 Å². The molecule has 1 aliphatic rings. The van der Waals surface area contributed by atoms with Crippen molar-refractivity contribution in [1.29, 1.82) is 0 Å². The lowest BCUT2D eigenvalue weighted by Gasteiger charge is -2.22. The third-order valence-corrected chi connectivity index (χ3v) is 5.52. The molecular formula is C14H16N2S2. The highest BCUT2D eigenvalue weighted by molar-refractivity contribution is 7.99. The number of thioether (sulfide) groups is 1. The van der Waals surface area contributed by atoms with Gasteiger partial charge < -0.3 is 0 Å². The molecule has 4 heteroatoms. The number of hydrazine groups is 1. The Balaban J connectivity index is 1.95. The van der Waals surface area contributed by atoms with Gasteiger partial charge in [-0.05, 0) is 35.6 Å². The maximum atomic E-state index is 5.80. The van der Waals surface area contributed by atoms with Gasteiger partial charge in [-0.15, -0.1) is 23.1 Å². The Morgan fingerprint density at radius 1 is 1.39 bits per heavy atom. The summed E-state index contributed by atoms with van der Waals surface area (Å²) in [4.78, 5) is 2.74. The molecule has 18 heavy (non-hydrogen) atoms. The van der Waals surface area contributed by atoms with Crippen LogP contribution in [0.5, 0.6) is 0 Å². The van der Waals surface area contributed by atoms with Crippen LogP contribution < -0.4 is 11.3 Å². The highest BCUT2D eigenvalue weighted by Gasteiger charge is 2.30. The minimum atomic E-state index is 0.214. The zero-order valence-corrected chi connectivity index (χ0v) is 11.9. The van der Waals surface area contributed by atoms with E-state index in [1.165, 1.54) is 20.9 Å². The maximum absolute atomic E-state index is 5.80. The van der Waals surface area contributed by atoms with Crippen molar-refractivity contribution in [2.24, 2.45) is 5.84 Å². The van der Waals surface area contributed by atoms with Gasteiger partial charge in [0.1, 0.15) is 0 Å². The molecule has 2 atom stereocenters. The highest BCUT2D eigenvalue weighted by atomic mass is 32.2. The van der Waals surface area contributed by atoms with Gasteiger partial charge in [-0.3, -0.25) is 11.3 Å². The van der Waals surface area contributed by atoms with E-state index >= 15 is 0 Å². The van der Waals surface area contributed by atoms with Crippen LogP contribution in [-0.4, -0.2) is 5.75 Å². The van der Waals surface area contributed by atoms with E-state index in [-0.39, 0.29) is 6.04 Å². The van der Waals surface area contributed by atoms with Crippen molar-refractivity contribution >= 4 is 23.1 Å². The molecule has 1 aromatic carbocycles. The Hall–Kier alpha value is -0.810. The van der Waals surface area contributed by atoms with E-state index in [0.717, 1.165) is 5.75 Å². The molecule has 0 bridgehead atoms. The summed E-state index contributed by atoms with van der Waals surface area (Å²) in [6, 6.07) is 11.1.